The molecule has 2 heterocycles. The van der Waals surface area contributed by atoms with Gasteiger partial charge >= 0.3 is 0 Å². The average molecular weight is 358 g/mol. The zero-order valence-electron chi connectivity index (χ0n) is 14.1. The summed E-state index contributed by atoms with van der Waals surface area (Å²) in [5.41, 5.74) is 1.16. The van der Waals surface area contributed by atoms with Gasteiger partial charge in [0.25, 0.3) is 0 Å². The topological polar surface area (TPSA) is 67.4 Å². The molecule has 0 radical (unpaired) electrons. The first kappa shape index (κ1) is 17.6. The normalized spacial score (nSPS) is 12.4. The van der Waals surface area contributed by atoms with E-state index >= 15 is 0 Å². The Kier molecular flexibility index (Phi) is 5.83. The van der Waals surface area contributed by atoms with Gasteiger partial charge in [0, 0.05) is 54.5 Å². The van der Waals surface area contributed by atoms with Crippen LogP contribution in [0.15, 0.2) is 58.2 Å². The molecule has 1 unspecified atom stereocenters. The monoisotopic (exact) mass is 358 g/mol. The number of thioether (sulfide) groups is 1. The lowest BCUT2D eigenvalue weighted by atomic mass is 10.1. The number of aliphatic hydroxyl groups excluding tert-OH is 1. The first-order chi connectivity index (χ1) is 12.2. The number of carbonyl (C=O) groups excluding carboxylic acids is 1. The van der Waals surface area contributed by atoms with Crippen molar-refractivity contribution in [3.63, 3.8) is 0 Å². The van der Waals surface area contributed by atoms with Crippen molar-refractivity contribution in [3.8, 4) is 0 Å². The van der Waals surface area contributed by atoms with Crippen LogP contribution in [-0.2, 0) is 18.3 Å². The van der Waals surface area contributed by atoms with Crippen molar-refractivity contribution in [2.75, 3.05) is 18.9 Å². The lowest BCUT2D eigenvalue weighted by molar-refractivity contribution is -0.118. The third-order valence-corrected chi connectivity index (χ3v) is 5.18. The lowest BCUT2D eigenvalue weighted by Crippen LogP contribution is -2.32. The van der Waals surface area contributed by atoms with Gasteiger partial charge in [-0.05, 0) is 18.2 Å². The third kappa shape index (κ3) is 4.46. The van der Waals surface area contributed by atoms with Crippen LogP contribution in [0.4, 0.5) is 0 Å². The molecular weight excluding hydrogens is 336 g/mol. The Balaban J connectivity index is 1.50. The van der Waals surface area contributed by atoms with Crippen molar-refractivity contribution < 1.29 is 14.3 Å². The van der Waals surface area contributed by atoms with Crippen molar-refractivity contribution in [1.29, 1.82) is 0 Å². The van der Waals surface area contributed by atoms with E-state index in [0.29, 0.717) is 18.7 Å². The molecule has 1 atom stereocenters. The zero-order chi connectivity index (χ0) is 17.6. The second kappa shape index (κ2) is 8.27. The number of hydrogen-bond donors (Lipinski definition) is 2. The second-order valence-electron chi connectivity index (χ2n) is 6.05. The van der Waals surface area contributed by atoms with E-state index in [4.69, 9.17) is 4.42 Å². The third-order valence-electron chi connectivity index (χ3n) is 4.14. The average Bonchev–Trinajstić information content (AvgIpc) is 3.25. The molecule has 0 aliphatic rings. The fourth-order valence-corrected chi connectivity index (χ4v) is 3.74. The predicted molar refractivity (Wildman–Crippen MR) is 99.6 cm³/mol. The van der Waals surface area contributed by atoms with Gasteiger partial charge in [0.2, 0.25) is 5.91 Å². The maximum absolute atomic E-state index is 12.1. The molecule has 6 heteroatoms. The number of nitrogens with zero attached hydrogens (tertiary/aromatic N) is 1. The zero-order valence-corrected chi connectivity index (χ0v) is 15.0. The molecule has 1 aromatic carbocycles. The van der Waals surface area contributed by atoms with Gasteiger partial charge in [-0.2, -0.15) is 0 Å². The van der Waals surface area contributed by atoms with Crippen LogP contribution in [0.2, 0.25) is 0 Å². The summed E-state index contributed by atoms with van der Waals surface area (Å²) in [5, 5.41) is 13.5. The van der Waals surface area contributed by atoms with Gasteiger partial charge in [0.15, 0.2) is 0 Å². The van der Waals surface area contributed by atoms with E-state index < -0.39 is 0 Å². The fourth-order valence-electron chi connectivity index (χ4n) is 2.79. The summed E-state index contributed by atoms with van der Waals surface area (Å²) >= 11 is 1.53. The maximum atomic E-state index is 12.1. The molecule has 2 N–H and O–H groups in total. The standard InChI is InChI=1S/C19H22N2O3S/c1-21-11-18(16-6-2-3-7-17(16)21)25-13-19(23)20-10-14(12-22)9-15-5-4-8-24-15/h2-8,11,14,22H,9-10,12-13H2,1H3,(H,20,23). The molecule has 0 saturated carbocycles. The number of hydrogen-bond acceptors (Lipinski definition) is 4. The van der Waals surface area contributed by atoms with E-state index in [1.807, 2.05) is 31.3 Å². The Bertz CT molecular complexity index is 826. The smallest absolute Gasteiger partial charge is 0.230 e. The molecular formula is C19H22N2O3S. The highest BCUT2D eigenvalue weighted by Crippen LogP contribution is 2.29. The summed E-state index contributed by atoms with van der Waals surface area (Å²) < 4.78 is 7.36. The number of furan rings is 1. The first-order valence-corrected chi connectivity index (χ1v) is 9.22. The minimum atomic E-state index is -0.0438. The highest BCUT2D eigenvalue weighted by Gasteiger charge is 2.13. The molecule has 0 aliphatic heterocycles. The SMILES string of the molecule is Cn1cc(SCC(=O)NCC(CO)Cc2ccco2)c2ccccc21. The number of amides is 1. The largest absolute Gasteiger partial charge is 0.469 e. The number of nitrogens with one attached hydrogen (secondary N) is 1. The number of aryl methyl sites for hydroxylation is 1. The Hall–Kier alpha value is -2.18. The molecule has 132 valence electrons. The van der Waals surface area contributed by atoms with Crippen LogP contribution in [0.1, 0.15) is 5.76 Å². The van der Waals surface area contributed by atoms with Crippen molar-refractivity contribution in [1.82, 2.24) is 9.88 Å². The number of aromatic nitrogens is 1. The summed E-state index contributed by atoms with van der Waals surface area (Å²) in [6.07, 6.45) is 4.28. The van der Waals surface area contributed by atoms with E-state index in [1.165, 1.54) is 11.8 Å². The Morgan fingerprint density at radius 3 is 2.92 bits per heavy atom. The van der Waals surface area contributed by atoms with Crippen LogP contribution in [-0.4, -0.2) is 34.5 Å². The molecule has 5 nitrogen and oxygen atoms in total. The minimum absolute atomic E-state index is 0.0114. The quantitative estimate of drug-likeness (QED) is 0.608. The highest BCUT2D eigenvalue weighted by atomic mass is 32.2. The van der Waals surface area contributed by atoms with E-state index in [1.54, 1.807) is 6.26 Å². The van der Waals surface area contributed by atoms with Gasteiger partial charge in [-0.1, -0.05) is 18.2 Å². The molecule has 0 aliphatic carbocycles. The second-order valence-corrected chi connectivity index (χ2v) is 7.06. The molecule has 0 bridgehead atoms. The van der Waals surface area contributed by atoms with Gasteiger partial charge in [0.1, 0.15) is 5.76 Å². The minimum Gasteiger partial charge on any atom is -0.469 e. The number of carbonyl (C=O) groups is 1. The van der Waals surface area contributed by atoms with Crippen molar-refractivity contribution in [3.05, 3.63) is 54.6 Å². The maximum Gasteiger partial charge on any atom is 0.230 e. The lowest BCUT2D eigenvalue weighted by Gasteiger charge is -2.13. The van der Waals surface area contributed by atoms with Gasteiger partial charge in [-0.15, -0.1) is 11.8 Å². The number of fused-ring (bicyclic) bond motifs is 1. The number of aliphatic hydroxyl groups is 1. The Morgan fingerprint density at radius 2 is 2.16 bits per heavy atom. The van der Waals surface area contributed by atoms with Crippen LogP contribution >= 0.6 is 11.8 Å². The van der Waals surface area contributed by atoms with Crippen molar-refractivity contribution in [2.45, 2.75) is 11.3 Å². The highest BCUT2D eigenvalue weighted by molar-refractivity contribution is 8.00. The molecule has 25 heavy (non-hydrogen) atoms. The van der Waals surface area contributed by atoms with Crippen molar-refractivity contribution in [2.24, 2.45) is 13.0 Å². The van der Waals surface area contributed by atoms with Gasteiger partial charge in [-0.25, -0.2) is 0 Å². The fraction of sp³-hybridized carbons (Fsp3) is 0.316. The van der Waals surface area contributed by atoms with Crippen LogP contribution in [0.25, 0.3) is 10.9 Å². The number of para-hydroxylation sites is 1. The Morgan fingerprint density at radius 1 is 1.32 bits per heavy atom. The summed E-state index contributed by atoms with van der Waals surface area (Å²) in [7, 11) is 2.01. The first-order valence-electron chi connectivity index (χ1n) is 8.24. The van der Waals surface area contributed by atoms with E-state index in [0.717, 1.165) is 21.6 Å². The van der Waals surface area contributed by atoms with Crippen LogP contribution in [0.3, 0.4) is 0 Å². The molecule has 3 aromatic rings. The molecule has 3 rings (SSSR count). The molecule has 1 amide bonds. The summed E-state index contributed by atoms with van der Waals surface area (Å²) in [5.74, 6) is 1.10. The predicted octanol–water partition coefficient (Wildman–Crippen LogP) is 2.83. The van der Waals surface area contributed by atoms with Gasteiger partial charge < -0.3 is 19.4 Å². The summed E-state index contributed by atoms with van der Waals surface area (Å²) in [4.78, 5) is 13.2. The molecule has 0 saturated heterocycles. The molecule has 0 spiro atoms. The number of benzene rings is 1. The summed E-state index contributed by atoms with van der Waals surface area (Å²) in [6, 6.07) is 11.9. The van der Waals surface area contributed by atoms with E-state index in [9.17, 15) is 9.90 Å². The molecule has 2 aromatic heterocycles. The van der Waals surface area contributed by atoms with Crippen LogP contribution in [0, 0.1) is 5.92 Å². The van der Waals surface area contributed by atoms with Crippen LogP contribution < -0.4 is 5.32 Å². The van der Waals surface area contributed by atoms with Gasteiger partial charge in [0.05, 0.1) is 12.0 Å². The van der Waals surface area contributed by atoms with Crippen molar-refractivity contribution >= 4 is 28.6 Å². The molecule has 0 fully saturated rings. The van der Waals surface area contributed by atoms with E-state index in [-0.39, 0.29) is 18.4 Å². The van der Waals surface area contributed by atoms with Gasteiger partial charge in [-0.3, -0.25) is 4.79 Å². The summed E-state index contributed by atoms with van der Waals surface area (Å²) in [6.45, 7) is 0.448. The number of rotatable bonds is 8. The van der Waals surface area contributed by atoms with E-state index in [2.05, 4.69) is 28.2 Å². The van der Waals surface area contributed by atoms with Crippen LogP contribution in [0.5, 0.6) is 0 Å². The Labute approximate surface area is 151 Å².